The minimum atomic E-state index is -0.223. The molecular weight excluding hydrogens is 266 g/mol. The minimum absolute atomic E-state index is 0.0400. The van der Waals surface area contributed by atoms with E-state index in [9.17, 15) is 9.90 Å². The van der Waals surface area contributed by atoms with Gasteiger partial charge >= 0.3 is 0 Å². The zero-order valence-corrected chi connectivity index (χ0v) is 11.7. The third-order valence-electron chi connectivity index (χ3n) is 4.09. The van der Waals surface area contributed by atoms with Gasteiger partial charge in [-0.25, -0.2) is 0 Å². The molecule has 1 aromatic carbocycles. The highest BCUT2D eigenvalue weighted by Gasteiger charge is 2.34. The van der Waals surface area contributed by atoms with E-state index in [4.69, 9.17) is 0 Å². The number of aliphatic hydroxyl groups is 1. The van der Waals surface area contributed by atoms with Crippen molar-refractivity contribution in [1.82, 2.24) is 15.5 Å². The number of H-pyrrole nitrogens is 1. The molecule has 5 heteroatoms. The van der Waals surface area contributed by atoms with E-state index in [0.29, 0.717) is 11.5 Å². The van der Waals surface area contributed by atoms with Crippen LogP contribution in [0.25, 0.3) is 0 Å². The standard InChI is InChI=1S/C16H19N3O2/c20-14-7-12(8-14)15(6-11-4-2-1-3-5-11)19-16(21)13-9-17-18-10-13/h1-5,9-10,12,14-15,20H,6-8H2,(H,17,18)(H,19,21)/t12?,14?,15-/m1/s1. The molecule has 1 saturated carbocycles. The van der Waals surface area contributed by atoms with Crippen LogP contribution in [-0.4, -0.2) is 33.4 Å². The molecule has 3 N–H and O–H groups in total. The smallest absolute Gasteiger partial charge is 0.254 e. The lowest BCUT2D eigenvalue weighted by atomic mass is 9.75. The van der Waals surface area contributed by atoms with Gasteiger partial charge in [-0.1, -0.05) is 30.3 Å². The summed E-state index contributed by atoms with van der Waals surface area (Å²) in [5.41, 5.74) is 1.73. The molecule has 2 aromatic rings. The van der Waals surface area contributed by atoms with Gasteiger partial charge in [0.25, 0.3) is 5.91 Å². The summed E-state index contributed by atoms with van der Waals surface area (Å²) in [6.45, 7) is 0. The van der Waals surface area contributed by atoms with Crippen LogP contribution in [0.15, 0.2) is 42.7 Å². The number of hydrogen-bond donors (Lipinski definition) is 3. The van der Waals surface area contributed by atoms with E-state index in [1.165, 1.54) is 11.8 Å². The van der Waals surface area contributed by atoms with Gasteiger partial charge in [0, 0.05) is 12.2 Å². The first-order valence-electron chi connectivity index (χ1n) is 7.24. The summed E-state index contributed by atoms with van der Waals surface area (Å²) in [5, 5.41) is 19.1. The van der Waals surface area contributed by atoms with E-state index in [-0.39, 0.29) is 18.1 Å². The Morgan fingerprint density at radius 2 is 2.14 bits per heavy atom. The molecule has 1 aromatic heterocycles. The molecule has 110 valence electrons. The molecule has 1 atom stereocenters. The Labute approximate surface area is 123 Å². The zero-order valence-electron chi connectivity index (χ0n) is 11.7. The Hall–Kier alpha value is -2.14. The molecule has 5 nitrogen and oxygen atoms in total. The van der Waals surface area contributed by atoms with Gasteiger partial charge < -0.3 is 10.4 Å². The summed E-state index contributed by atoms with van der Waals surface area (Å²) in [6, 6.07) is 10.1. The van der Waals surface area contributed by atoms with Gasteiger partial charge in [0.05, 0.1) is 17.9 Å². The number of benzene rings is 1. The van der Waals surface area contributed by atoms with Crippen molar-refractivity contribution in [3.63, 3.8) is 0 Å². The monoisotopic (exact) mass is 285 g/mol. The summed E-state index contributed by atoms with van der Waals surface area (Å²) >= 11 is 0. The predicted molar refractivity (Wildman–Crippen MR) is 78.7 cm³/mol. The number of nitrogens with one attached hydrogen (secondary N) is 2. The number of carbonyl (C=O) groups excluding carboxylic acids is 1. The molecule has 0 saturated heterocycles. The van der Waals surface area contributed by atoms with Crippen LogP contribution in [0.3, 0.4) is 0 Å². The lowest BCUT2D eigenvalue weighted by Crippen LogP contribution is -2.48. The summed E-state index contributed by atoms with van der Waals surface area (Å²) in [7, 11) is 0. The van der Waals surface area contributed by atoms with Crippen molar-refractivity contribution in [3.05, 3.63) is 53.9 Å². The fourth-order valence-electron chi connectivity index (χ4n) is 2.79. The topological polar surface area (TPSA) is 78.0 Å². The van der Waals surface area contributed by atoms with Crippen molar-refractivity contribution in [2.75, 3.05) is 0 Å². The normalized spacial score (nSPS) is 22.3. The number of aromatic nitrogens is 2. The zero-order chi connectivity index (χ0) is 14.7. The average molecular weight is 285 g/mol. The van der Waals surface area contributed by atoms with Crippen LogP contribution in [0.2, 0.25) is 0 Å². The fraction of sp³-hybridized carbons (Fsp3) is 0.375. The second-order valence-corrected chi connectivity index (χ2v) is 5.64. The van der Waals surface area contributed by atoms with Gasteiger partial charge in [-0.3, -0.25) is 9.89 Å². The van der Waals surface area contributed by atoms with Gasteiger partial charge in [0.2, 0.25) is 0 Å². The number of aliphatic hydroxyl groups excluding tert-OH is 1. The SMILES string of the molecule is O=C(N[C@H](Cc1ccccc1)C1CC(O)C1)c1cn[nH]c1. The van der Waals surface area contributed by atoms with Crippen LogP contribution < -0.4 is 5.32 Å². The molecule has 0 aliphatic heterocycles. The van der Waals surface area contributed by atoms with Gasteiger partial charge in [-0.05, 0) is 30.7 Å². The quantitative estimate of drug-likeness (QED) is 0.779. The molecule has 1 heterocycles. The Morgan fingerprint density at radius 3 is 2.76 bits per heavy atom. The Bertz CT molecular complexity index is 577. The number of nitrogens with zero attached hydrogens (tertiary/aromatic N) is 1. The third kappa shape index (κ3) is 3.31. The first-order valence-corrected chi connectivity index (χ1v) is 7.24. The van der Waals surface area contributed by atoms with E-state index < -0.39 is 0 Å². The minimum Gasteiger partial charge on any atom is -0.393 e. The van der Waals surface area contributed by atoms with Crippen molar-refractivity contribution in [2.45, 2.75) is 31.4 Å². The first kappa shape index (κ1) is 13.8. The van der Waals surface area contributed by atoms with E-state index in [0.717, 1.165) is 19.3 Å². The van der Waals surface area contributed by atoms with E-state index in [1.54, 1.807) is 6.20 Å². The van der Waals surface area contributed by atoms with E-state index in [2.05, 4.69) is 27.6 Å². The predicted octanol–water partition coefficient (Wildman–Crippen LogP) is 1.52. The van der Waals surface area contributed by atoms with E-state index >= 15 is 0 Å². The van der Waals surface area contributed by atoms with Crippen LogP contribution in [0, 0.1) is 5.92 Å². The molecule has 1 aliphatic carbocycles. The van der Waals surface area contributed by atoms with Crippen molar-refractivity contribution in [2.24, 2.45) is 5.92 Å². The van der Waals surface area contributed by atoms with Gasteiger partial charge in [-0.15, -0.1) is 0 Å². The second kappa shape index (κ2) is 6.10. The lowest BCUT2D eigenvalue weighted by Gasteiger charge is -2.38. The second-order valence-electron chi connectivity index (χ2n) is 5.64. The maximum absolute atomic E-state index is 12.2. The van der Waals surface area contributed by atoms with Crippen LogP contribution in [0.4, 0.5) is 0 Å². The lowest BCUT2D eigenvalue weighted by molar-refractivity contribution is 0.0239. The number of amides is 1. The highest BCUT2D eigenvalue weighted by molar-refractivity contribution is 5.93. The van der Waals surface area contributed by atoms with Gasteiger partial charge in [0.15, 0.2) is 0 Å². The maximum atomic E-state index is 12.2. The van der Waals surface area contributed by atoms with Crippen molar-refractivity contribution < 1.29 is 9.90 Å². The van der Waals surface area contributed by atoms with Crippen molar-refractivity contribution in [3.8, 4) is 0 Å². The summed E-state index contributed by atoms with van der Waals surface area (Å²) in [6.07, 6.45) is 5.17. The van der Waals surface area contributed by atoms with Crippen LogP contribution >= 0.6 is 0 Å². The molecule has 0 radical (unpaired) electrons. The van der Waals surface area contributed by atoms with Crippen molar-refractivity contribution >= 4 is 5.91 Å². The van der Waals surface area contributed by atoms with E-state index in [1.807, 2.05) is 18.2 Å². The molecule has 1 fully saturated rings. The number of rotatable bonds is 5. The van der Waals surface area contributed by atoms with Crippen molar-refractivity contribution in [1.29, 1.82) is 0 Å². The van der Waals surface area contributed by atoms with Crippen LogP contribution in [0.1, 0.15) is 28.8 Å². The molecule has 3 rings (SSSR count). The molecule has 21 heavy (non-hydrogen) atoms. The average Bonchev–Trinajstić information content (AvgIpc) is 2.98. The first-order chi connectivity index (χ1) is 10.2. The maximum Gasteiger partial charge on any atom is 0.254 e. The summed E-state index contributed by atoms with van der Waals surface area (Å²) in [4.78, 5) is 12.2. The largest absolute Gasteiger partial charge is 0.393 e. The molecule has 1 amide bonds. The van der Waals surface area contributed by atoms with Gasteiger partial charge in [0.1, 0.15) is 0 Å². The molecule has 0 spiro atoms. The number of carbonyl (C=O) groups is 1. The highest BCUT2D eigenvalue weighted by Crippen LogP contribution is 2.31. The third-order valence-corrected chi connectivity index (χ3v) is 4.09. The highest BCUT2D eigenvalue weighted by atomic mass is 16.3. The van der Waals surface area contributed by atoms with Gasteiger partial charge in [-0.2, -0.15) is 5.10 Å². The molecule has 1 aliphatic rings. The summed E-state index contributed by atoms with van der Waals surface area (Å²) < 4.78 is 0. The Morgan fingerprint density at radius 1 is 1.38 bits per heavy atom. The van der Waals surface area contributed by atoms with Crippen LogP contribution in [-0.2, 0) is 6.42 Å². The Balaban J connectivity index is 1.69. The number of hydrogen-bond acceptors (Lipinski definition) is 3. The molecule has 0 unspecified atom stereocenters. The summed E-state index contributed by atoms with van der Waals surface area (Å²) in [5.74, 6) is 0.210. The molecular formula is C16H19N3O2. The Kier molecular flexibility index (Phi) is 4.01. The molecule has 0 bridgehead atoms. The van der Waals surface area contributed by atoms with Crippen LogP contribution in [0.5, 0.6) is 0 Å². The fourth-order valence-corrected chi connectivity index (χ4v) is 2.79. The number of aromatic amines is 1.